The molecule has 0 saturated heterocycles. The number of nitrogens with zero attached hydrogens (tertiary/aromatic N) is 3. The van der Waals surface area contributed by atoms with Crippen molar-refractivity contribution in [3.63, 3.8) is 0 Å². The second-order valence-electron chi connectivity index (χ2n) is 5.48. The van der Waals surface area contributed by atoms with Crippen molar-refractivity contribution in [2.45, 2.75) is 4.34 Å². The van der Waals surface area contributed by atoms with Crippen molar-refractivity contribution in [2.75, 3.05) is 30.6 Å². The van der Waals surface area contributed by atoms with E-state index in [9.17, 15) is 9.59 Å². The van der Waals surface area contributed by atoms with E-state index < -0.39 is 0 Å². The van der Waals surface area contributed by atoms with Gasteiger partial charge in [0.2, 0.25) is 16.9 Å². The second kappa shape index (κ2) is 10.7. The summed E-state index contributed by atoms with van der Waals surface area (Å²) in [7, 11) is 3.11. The Morgan fingerprint density at radius 3 is 2.70 bits per heavy atom. The fourth-order valence-corrected chi connectivity index (χ4v) is 4.26. The Kier molecular flexibility index (Phi) is 7.76. The topological polar surface area (TPSA) is 115 Å². The molecule has 12 heteroatoms. The zero-order chi connectivity index (χ0) is 21.3. The van der Waals surface area contributed by atoms with E-state index in [1.807, 2.05) is 6.07 Å². The number of ether oxygens (including phenoxy) is 2. The predicted octanol–water partition coefficient (Wildman–Crippen LogP) is 3.39. The van der Waals surface area contributed by atoms with Crippen LogP contribution in [0.3, 0.4) is 0 Å². The number of carbonyl (C=O) groups excluding carboxylic acids is 2. The van der Waals surface area contributed by atoms with Gasteiger partial charge in [-0.1, -0.05) is 29.2 Å². The van der Waals surface area contributed by atoms with Gasteiger partial charge in [-0.05, 0) is 23.8 Å². The number of nitrogens with one attached hydrogen (secondary N) is 2. The molecular weight excluding hydrogens is 446 g/mol. The number of anilines is 2. The van der Waals surface area contributed by atoms with Gasteiger partial charge in [0.1, 0.15) is 0 Å². The first kappa shape index (κ1) is 21.7. The van der Waals surface area contributed by atoms with E-state index in [2.05, 4.69) is 25.8 Å². The van der Waals surface area contributed by atoms with E-state index in [0.717, 1.165) is 5.56 Å². The van der Waals surface area contributed by atoms with Crippen molar-refractivity contribution in [1.29, 1.82) is 0 Å². The van der Waals surface area contributed by atoms with E-state index in [-0.39, 0.29) is 17.6 Å². The number of hydrogen-bond donors (Lipinski definition) is 2. The van der Waals surface area contributed by atoms with E-state index in [1.165, 1.54) is 40.5 Å². The number of rotatable bonds is 9. The van der Waals surface area contributed by atoms with Crippen molar-refractivity contribution in [3.05, 3.63) is 41.4 Å². The maximum absolute atomic E-state index is 12.1. The molecule has 156 valence electrons. The van der Waals surface area contributed by atoms with Crippen LogP contribution in [0.25, 0.3) is 6.08 Å². The quantitative estimate of drug-likeness (QED) is 0.282. The number of hydrogen-bond acceptors (Lipinski definition) is 10. The summed E-state index contributed by atoms with van der Waals surface area (Å²) in [5, 5.41) is 15.9. The molecule has 0 aliphatic rings. The van der Waals surface area contributed by atoms with Crippen LogP contribution in [0, 0.1) is 0 Å². The van der Waals surface area contributed by atoms with Crippen LogP contribution >= 0.6 is 34.4 Å². The first-order valence-corrected chi connectivity index (χ1v) is 11.1. The minimum absolute atomic E-state index is 0.168. The average Bonchev–Trinajstić information content (AvgIpc) is 3.42. The summed E-state index contributed by atoms with van der Waals surface area (Å²) in [6.45, 7) is 0. The zero-order valence-electron chi connectivity index (χ0n) is 15.9. The Balaban J connectivity index is 1.49. The van der Waals surface area contributed by atoms with E-state index in [1.54, 1.807) is 44.0 Å². The molecule has 0 bridgehead atoms. The number of thioether (sulfide) groups is 1. The molecule has 2 amide bonds. The number of amides is 2. The van der Waals surface area contributed by atoms with Crippen LogP contribution in [0.2, 0.25) is 0 Å². The van der Waals surface area contributed by atoms with Gasteiger partial charge in [0.15, 0.2) is 21.0 Å². The molecule has 9 nitrogen and oxygen atoms in total. The lowest BCUT2D eigenvalue weighted by atomic mass is 10.2. The van der Waals surface area contributed by atoms with Gasteiger partial charge in [-0.2, -0.15) is 0 Å². The van der Waals surface area contributed by atoms with Crippen molar-refractivity contribution < 1.29 is 19.1 Å². The molecule has 0 fully saturated rings. The number of carbonyl (C=O) groups is 2. The summed E-state index contributed by atoms with van der Waals surface area (Å²) in [6.07, 6.45) is 4.65. The summed E-state index contributed by atoms with van der Waals surface area (Å²) in [4.78, 5) is 28.0. The first-order valence-electron chi connectivity index (χ1n) is 8.44. The van der Waals surface area contributed by atoms with Gasteiger partial charge >= 0.3 is 0 Å². The Morgan fingerprint density at radius 2 is 1.97 bits per heavy atom. The minimum atomic E-state index is -0.348. The predicted molar refractivity (Wildman–Crippen MR) is 119 cm³/mol. The van der Waals surface area contributed by atoms with Gasteiger partial charge < -0.3 is 14.8 Å². The van der Waals surface area contributed by atoms with Crippen molar-refractivity contribution in [3.8, 4) is 11.5 Å². The fourth-order valence-electron chi connectivity index (χ4n) is 2.16. The molecule has 2 aromatic heterocycles. The molecule has 0 atom stereocenters. The lowest BCUT2D eigenvalue weighted by molar-refractivity contribution is -0.114. The molecule has 2 heterocycles. The number of benzene rings is 1. The van der Waals surface area contributed by atoms with Gasteiger partial charge in [0, 0.05) is 17.7 Å². The van der Waals surface area contributed by atoms with E-state index in [0.29, 0.717) is 26.1 Å². The minimum Gasteiger partial charge on any atom is -0.493 e. The molecule has 0 unspecified atom stereocenters. The van der Waals surface area contributed by atoms with Gasteiger partial charge in [-0.25, -0.2) is 4.98 Å². The van der Waals surface area contributed by atoms with Gasteiger partial charge in [0.25, 0.3) is 0 Å². The molecule has 0 aliphatic carbocycles. The highest BCUT2D eigenvalue weighted by molar-refractivity contribution is 8.01. The summed E-state index contributed by atoms with van der Waals surface area (Å²) in [5.74, 6) is 0.817. The number of aromatic nitrogens is 3. The van der Waals surface area contributed by atoms with Crippen LogP contribution in [0.1, 0.15) is 5.56 Å². The maximum Gasteiger partial charge on any atom is 0.250 e. The summed E-state index contributed by atoms with van der Waals surface area (Å²) in [5.41, 5.74) is 0.780. The third kappa shape index (κ3) is 6.27. The summed E-state index contributed by atoms with van der Waals surface area (Å²) >= 11 is 3.77. The highest BCUT2D eigenvalue weighted by Crippen LogP contribution is 2.28. The second-order valence-corrected chi connectivity index (χ2v) is 8.58. The molecule has 30 heavy (non-hydrogen) atoms. The number of methoxy groups -OCH3 is 2. The number of thiazole rings is 1. The average molecular weight is 464 g/mol. The van der Waals surface area contributed by atoms with Crippen LogP contribution < -0.4 is 20.1 Å². The third-order valence-electron chi connectivity index (χ3n) is 3.48. The van der Waals surface area contributed by atoms with Crippen molar-refractivity contribution in [1.82, 2.24) is 15.2 Å². The van der Waals surface area contributed by atoms with Gasteiger partial charge in [0.05, 0.1) is 20.0 Å². The van der Waals surface area contributed by atoms with Crippen LogP contribution in [0.5, 0.6) is 11.5 Å². The van der Waals surface area contributed by atoms with Gasteiger partial charge in [-0.3, -0.25) is 14.9 Å². The Bertz CT molecular complexity index is 1040. The Hall–Kier alpha value is -2.96. The highest BCUT2D eigenvalue weighted by Gasteiger charge is 2.10. The SMILES string of the molecule is COc1ccc(C=CC(=O)Nc2nnc(SCC(=O)Nc3nccs3)s2)cc1OC. The largest absolute Gasteiger partial charge is 0.493 e. The van der Waals surface area contributed by atoms with Crippen molar-refractivity contribution >= 4 is 62.6 Å². The van der Waals surface area contributed by atoms with Crippen LogP contribution in [-0.2, 0) is 9.59 Å². The third-order valence-corrected chi connectivity index (χ3v) is 6.14. The Labute approximate surface area is 184 Å². The molecule has 0 saturated carbocycles. The zero-order valence-corrected chi connectivity index (χ0v) is 18.4. The lowest BCUT2D eigenvalue weighted by Gasteiger charge is -2.07. The summed E-state index contributed by atoms with van der Waals surface area (Å²) < 4.78 is 11.0. The van der Waals surface area contributed by atoms with Crippen LogP contribution in [0.4, 0.5) is 10.3 Å². The molecule has 3 aromatic rings. The molecule has 1 aromatic carbocycles. The Morgan fingerprint density at radius 1 is 1.13 bits per heavy atom. The monoisotopic (exact) mass is 463 g/mol. The standard InChI is InChI=1S/C18H17N5O4S3/c1-26-12-5-3-11(9-13(12)27-2)4-6-14(24)20-17-22-23-18(30-17)29-10-15(25)21-16-19-7-8-28-16/h3-9H,10H2,1-2H3,(H,19,21,25)(H,20,22,24). The van der Waals surface area contributed by atoms with Crippen molar-refractivity contribution in [2.24, 2.45) is 0 Å². The molecular formula is C18H17N5O4S3. The first-order chi connectivity index (χ1) is 14.6. The molecule has 0 radical (unpaired) electrons. The molecule has 0 aliphatic heterocycles. The smallest absolute Gasteiger partial charge is 0.250 e. The lowest BCUT2D eigenvalue weighted by Crippen LogP contribution is -2.13. The molecule has 3 rings (SSSR count). The van der Waals surface area contributed by atoms with E-state index in [4.69, 9.17) is 9.47 Å². The maximum atomic E-state index is 12.1. The fraction of sp³-hybridized carbons (Fsp3) is 0.167. The summed E-state index contributed by atoms with van der Waals surface area (Å²) in [6, 6.07) is 5.33. The highest BCUT2D eigenvalue weighted by atomic mass is 32.2. The van der Waals surface area contributed by atoms with Crippen LogP contribution in [-0.4, -0.2) is 47.0 Å². The molecule has 0 spiro atoms. The van der Waals surface area contributed by atoms with Crippen LogP contribution in [0.15, 0.2) is 40.2 Å². The normalized spacial score (nSPS) is 10.7. The van der Waals surface area contributed by atoms with Gasteiger partial charge in [-0.15, -0.1) is 21.5 Å². The van der Waals surface area contributed by atoms with E-state index >= 15 is 0 Å². The molecule has 2 N–H and O–H groups in total.